The Hall–Kier alpha value is -2.41. The number of carbonyl (C=O) groups is 3. The molecule has 1 aromatic carbocycles. The number of carbonyl (C=O) groups excluding carboxylic acids is 2. The Bertz CT molecular complexity index is 846. The quantitative estimate of drug-likeness (QED) is 0.716. The maximum atomic E-state index is 13.0. The van der Waals surface area contributed by atoms with Gasteiger partial charge in [-0.2, -0.15) is 0 Å². The van der Waals surface area contributed by atoms with E-state index in [0.29, 0.717) is 32.1 Å². The smallest absolute Gasteiger partial charge is 0.409 e. The summed E-state index contributed by atoms with van der Waals surface area (Å²) in [7, 11) is 0. The first kappa shape index (κ1) is 24.2. The predicted octanol–water partition coefficient (Wildman–Crippen LogP) is 4.00. The van der Waals surface area contributed by atoms with Crippen molar-refractivity contribution in [3.8, 4) is 0 Å². The summed E-state index contributed by atoms with van der Waals surface area (Å²) in [6.07, 6.45) is 0.813. The van der Waals surface area contributed by atoms with Crippen LogP contribution in [0, 0.1) is 11.8 Å². The summed E-state index contributed by atoms with van der Waals surface area (Å²) in [5.41, 5.74) is -0.320. The monoisotopic (exact) mass is 444 g/mol. The minimum atomic E-state index is -1.03. The van der Waals surface area contributed by atoms with Crippen LogP contribution in [0.1, 0.15) is 65.9 Å². The summed E-state index contributed by atoms with van der Waals surface area (Å²) in [6.45, 7) is 9.34. The van der Waals surface area contributed by atoms with Crippen LogP contribution >= 0.6 is 0 Å². The van der Waals surface area contributed by atoms with E-state index in [2.05, 4.69) is 5.32 Å². The van der Waals surface area contributed by atoms with Crippen molar-refractivity contribution in [1.29, 1.82) is 0 Å². The molecular formula is C25H36N2O5. The molecule has 32 heavy (non-hydrogen) atoms. The minimum absolute atomic E-state index is 0.0399. The molecule has 0 spiro atoms. The molecule has 4 atom stereocenters. The van der Waals surface area contributed by atoms with E-state index in [-0.39, 0.29) is 29.1 Å². The van der Waals surface area contributed by atoms with Crippen molar-refractivity contribution in [2.45, 2.75) is 90.1 Å². The van der Waals surface area contributed by atoms with Crippen molar-refractivity contribution in [2.75, 3.05) is 0 Å². The molecule has 0 radical (unpaired) electrons. The SMILES string of the molecule is CC(C)(C)NC(=O)C1CCC(=O)CC1CC1OC(C)(C)N(C(=O)O)C1Cc1ccccc1. The number of hydrogen-bond donors (Lipinski definition) is 2. The number of amides is 2. The summed E-state index contributed by atoms with van der Waals surface area (Å²) < 4.78 is 6.28. The lowest BCUT2D eigenvalue weighted by atomic mass is 9.74. The van der Waals surface area contributed by atoms with Crippen LogP contribution in [0.15, 0.2) is 30.3 Å². The van der Waals surface area contributed by atoms with Crippen LogP contribution in [-0.4, -0.2) is 51.2 Å². The Kier molecular flexibility index (Phi) is 6.98. The molecule has 0 bridgehead atoms. The number of nitrogens with zero attached hydrogens (tertiary/aromatic N) is 1. The number of rotatable bonds is 5. The number of Topliss-reactive ketones (excluding diaryl/α,β-unsaturated/α-hetero) is 1. The van der Waals surface area contributed by atoms with Crippen molar-refractivity contribution < 1.29 is 24.2 Å². The lowest BCUT2D eigenvalue weighted by Gasteiger charge is -2.35. The Morgan fingerprint density at radius 3 is 2.47 bits per heavy atom. The Morgan fingerprint density at radius 2 is 1.88 bits per heavy atom. The first-order valence-corrected chi connectivity index (χ1v) is 11.4. The summed E-state index contributed by atoms with van der Waals surface area (Å²) in [6, 6.07) is 9.36. The lowest BCUT2D eigenvalue weighted by molar-refractivity contribution is -0.133. The fourth-order valence-electron chi connectivity index (χ4n) is 5.17. The minimum Gasteiger partial charge on any atom is -0.465 e. The fourth-order valence-corrected chi connectivity index (χ4v) is 5.17. The molecule has 3 rings (SSSR count). The molecule has 1 saturated heterocycles. The number of nitrogens with one attached hydrogen (secondary N) is 1. The van der Waals surface area contributed by atoms with Gasteiger partial charge in [0.25, 0.3) is 0 Å². The Morgan fingerprint density at radius 1 is 1.22 bits per heavy atom. The molecule has 2 N–H and O–H groups in total. The molecule has 7 heteroatoms. The highest BCUT2D eigenvalue weighted by molar-refractivity contribution is 5.85. The third-order valence-corrected chi connectivity index (χ3v) is 6.44. The van der Waals surface area contributed by atoms with E-state index in [1.165, 1.54) is 4.90 Å². The van der Waals surface area contributed by atoms with Crippen LogP contribution in [0.4, 0.5) is 4.79 Å². The molecule has 1 saturated carbocycles. The normalized spacial score (nSPS) is 27.9. The van der Waals surface area contributed by atoms with Crippen molar-refractivity contribution in [1.82, 2.24) is 10.2 Å². The predicted molar refractivity (Wildman–Crippen MR) is 121 cm³/mol. The van der Waals surface area contributed by atoms with Crippen LogP contribution < -0.4 is 5.32 Å². The third kappa shape index (κ3) is 5.68. The average molecular weight is 445 g/mol. The van der Waals surface area contributed by atoms with Gasteiger partial charge in [-0.3, -0.25) is 14.5 Å². The molecule has 4 unspecified atom stereocenters. The highest BCUT2D eigenvalue weighted by Gasteiger charge is 2.51. The Balaban J connectivity index is 1.86. The van der Waals surface area contributed by atoms with Crippen molar-refractivity contribution in [2.24, 2.45) is 11.8 Å². The van der Waals surface area contributed by atoms with E-state index >= 15 is 0 Å². The summed E-state index contributed by atoms with van der Waals surface area (Å²) >= 11 is 0. The van der Waals surface area contributed by atoms with Gasteiger partial charge in [-0.15, -0.1) is 0 Å². The van der Waals surface area contributed by atoms with E-state index < -0.39 is 24.0 Å². The first-order valence-electron chi connectivity index (χ1n) is 11.4. The van der Waals surface area contributed by atoms with Gasteiger partial charge >= 0.3 is 6.09 Å². The number of benzene rings is 1. The van der Waals surface area contributed by atoms with Crippen LogP contribution in [0.5, 0.6) is 0 Å². The number of hydrogen-bond acceptors (Lipinski definition) is 4. The lowest BCUT2D eigenvalue weighted by Crippen LogP contribution is -2.49. The Labute approximate surface area is 190 Å². The van der Waals surface area contributed by atoms with Gasteiger partial charge in [0.05, 0.1) is 12.1 Å². The van der Waals surface area contributed by atoms with Crippen LogP contribution in [0.3, 0.4) is 0 Å². The molecule has 1 aliphatic heterocycles. The van der Waals surface area contributed by atoms with Crippen molar-refractivity contribution >= 4 is 17.8 Å². The van der Waals surface area contributed by atoms with Gasteiger partial charge in [0.15, 0.2) is 0 Å². The molecule has 0 aromatic heterocycles. The van der Waals surface area contributed by atoms with Gasteiger partial charge in [0.2, 0.25) is 5.91 Å². The van der Waals surface area contributed by atoms with Crippen molar-refractivity contribution in [3.05, 3.63) is 35.9 Å². The van der Waals surface area contributed by atoms with Gasteiger partial charge in [-0.25, -0.2) is 4.79 Å². The molecule has 2 aliphatic rings. The van der Waals surface area contributed by atoms with E-state index in [4.69, 9.17) is 4.74 Å². The zero-order valence-electron chi connectivity index (χ0n) is 19.8. The zero-order chi connectivity index (χ0) is 23.7. The maximum absolute atomic E-state index is 13.0. The molecule has 1 heterocycles. The van der Waals surface area contributed by atoms with Crippen LogP contribution in [0.25, 0.3) is 0 Å². The third-order valence-electron chi connectivity index (χ3n) is 6.44. The van der Waals surface area contributed by atoms with Gasteiger partial charge in [-0.05, 0) is 65.4 Å². The fraction of sp³-hybridized carbons (Fsp3) is 0.640. The molecule has 7 nitrogen and oxygen atoms in total. The second-order valence-corrected chi connectivity index (χ2v) is 10.6. The highest BCUT2D eigenvalue weighted by Crippen LogP contribution is 2.40. The van der Waals surface area contributed by atoms with Gasteiger partial charge in [0, 0.05) is 24.3 Å². The van der Waals surface area contributed by atoms with E-state index in [0.717, 1.165) is 5.56 Å². The average Bonchev–Trinajstić information content (AvgIpc) is 2.90. The zero-order valence-corrected chi connectivity index (χ0v) is 19.8. The van der Waals surface area contributed by atoms with E-state index in [1.54, 1.807) is 13.8 Å². The number of ether oxygens (including phenoxy) is 1. The standard InChI is InChI=1S/C25H36N2O5/c1-24(2,3)26-22(29)19-12-11-18(28)14-17(19)15-21-20(13-16-9-7-6-8-10-16)27(23(30)31)25(4,5)32-21/h6-10,17,19-21H,11-15H2,1-5H3,(H,26,29)(H,30,31). The van der Waals surface area contributed by atoms with Gasteiger partial charge < -0.3 is 15.2 Å². The molecule has 1 aromatic rings. The van der Waals surface area contributed by atoms with Crippen LogP contribution in [-0.2, 0) is 20.7 Å². The van der Waals surface area contributed by atoms with Gasteiger partial charge in [0.1, 0.15) is 11.5 Å². The molecular weight excluding hydrogens is 408 g/mol. The second kappa shape index (κ2) is 9.22. The van der Waals surface area contributed by atoms with E-state index in [9.17, 15) is 19.5 Å². The molecule has 2 fully saturated rings. The van der Waals surface area contributed by atoms with Crippen molar-refractivity contribution in [3.63, 3.8) is 0 Å². The summed E-state index contributed by atoms with van der Waals surface area (Å²) in [5, 5.41) is 13.0. The largest absolute Gasteiger partial charge is 0.465 e. The topological polar surface area (TPSA) is 95.9 Å². The number of carboxylic acid groups (broad SMARTS) is 1. The van der Waals surface area contributed by atoms with E-state index in [1.807, 2.05) is 51.1 Å². The van der Waals surface area contributed by atoms with Gasteiger partial charge in [-0.1, -0.05) is 30.3 Å². The first-order chi connectivity index (χ1) is 14.9. The number of ketones is 1. The molecule has 1 aliphatic carbocycles. The molecule has 176 valence electrons. The maximum Gasteiger partial charge on any atom is 0.409 e. The summed E-state index contributed by atoms with van der Waals surface area (Å²) in [4.78, 5) is 38.9. The van der Waals surface area contributed by atoms with Crippen LogP contribution in [0.2, 0.25) is 0 Å². The highest BCUT2D eigenvalue weighted by atomic mass is 16.6. The molecule has 2 amide bonds. The second-order valence-electron chi connectivity index (χ2n) is 10.6. The summed E-state index contributed by atoms with van der Waals surface area (Å²) in [5.74, 6) is -0.343.